The van der Waals surface area contributed by atoms with Gasteiger partial charge in [-0.1, -0.05) is 29.8 Å². The minimum atomic E-state index is 0.0960. The number of para-hydroxylation sites is 1. The van der Waals surface area contributed by atoms with Gasteiger partial charge in [-0.05, 0) is 26.0 Å². The average Bonchev–Trinajstić information content (AvgIpc) is 2.18. The predicted molar refractivity (Wildman–Crippen MR) is 64.0 cm³/mol. The molecule has 0 radical (unpaired) electrons. The van der Waals surface area contributed by atoms with E-state index in [9.17, 15) is 0 Å². The average molecular weight is 205 g/mol. The van der Waals surface area contributed by atoms with E-state index in [4.69, 9.17) is 10.5 Å². The molecule has 82 valence electrons. The molecular weight excluding hydrogens is 186 g/mol. The summed E-state index contributed by atoms with van der Waals surface area (Å²) >= 11 is 0. The monoisotopic (exact) mass is 205 g/mol. The first-order valence-corrected chi connectivity index (χ1v) is 5.27. The molecule has 2 heteroatoms. The number of hydrogen-bond acceptors (Lipinski definition) is 2. The summed E-state index contributed by atoms with van der Waals surface area (Å²) in [6, 6.07) is 9.90. The molecule has 0 aliphatic heterocycles. The van der Waals surface area contributed by atoms with E-state index in [1.165, 1.54) is 5.57 Å². The Labute approximate surface area is 91.7 Å². The van der Waals surface area contributed by atoms with E-state index < -0.39 is 0 Å². The molecule has 0 aromatic heterocycles. The molecule has 1 rings (SSSR count). The first-order valence-electron chi connectivity index (χ1n) is 5.27. The van der Waals surface area contributed by atoms with Crippen LogP contribution in [-0.4, -0.2) is 12.6 Å². The lowest BCUT2D eigenvalue weighted by Gasteiger charge is -2.09. The van der Waals surface area contributed by atoms with Gasteiger partial charge in [-0.15, -0.1) is 0 Å². The van der Waals surface area contributed by atoms with Crippen molar-refractivity contribution in [2.24, 2.45) is 5.73 Å². The van der Waals surface area contributed by atoms with Gasteiger partial charge in [-0.2, -0.15) is 0 Å². The molecule has 1 aromatic rings. The molecule has 1 unspecified atom stereocenters. The lowest BCUT2D eigenvalue weighted by molar-refractivity contribution is 0.305. The first-order chi connectivity index (χ1) is 7.18. The van der Waals surface area contributed by atoms with Crippen LogP contribution in [0.15, 0.2) is 42.0 Å². The van der Waals surface area contributed by atoms with Crippen molar-refractivity contribution in [2.45, 2.75) is 26.3 Å². The SMILES string of the molecule is CC(C)=CC(N)CCOc1ccccc1. The number of allylic oxidation sites excluding steroid dienone is 1. The summed E-state index contributed by atoms with van der Waals surface area (Å²) in [7, 11) is 0. The maximum Gasteiger partial charge on any atom is 0.119 e. The summed E-state index contributed by atoms with van der Waals surface area (Å²) in [5.74, 6) is 0.905. The Hall–Kier alpha value is -1.28. The van der Waals surface area contributed by atoms with Gasteiger partial charge in [-0.3, -0.25) is 0 Å². The van der Waals surface area contributed by atoms with Gasteiger partial charge in [-0.25, -0.2) is 0 Å². The molecule has 0 aliphatic carbocycles. The van der Waals surface area contributed by atoms with Crippen LogP contribution in [0, 0.1) is 0 Å². The lowest BCUT2D eigenvalue weighted by atomic mass is 10.1. The second kappa shape index (κ2) is 6.25. The Morgan fingerprint density at radius 1 is 1.33 bits per heavy atom. The third-order valence-electron chi connectivity index (χ3n) is 2.01. The topological polar surface area (TPSA) is 35.2 Å². The number of benzene rings is 1. The van der Waals surface area contributed by atoms with E-state index in [-0.39, 0.29) is 6.04 Å². The molecule has 0 amide bonds. The van der Waals surface area contributed by atoms with E-state index in [0.717, 1.165) is 12.2 Å². The lowest BCUT2D eigenvalue weighted by Crippen LogP contribution is -2.20. The van der Waals surface area contributed by atoms with Crippen LogP contribution in [0.2, 0.25) is 0 Å². The maximum atomic E-state index is 5.88. The highest BCUT2D eigenvalue weighted by molar-refractivity contribution is 5.20. The fourth-order valence-corrected chi connectivity index (χ4v) is 1.34. The maximum absolute atomic E-state index is 5.88. The second-order valence-corrected chi connectivity index (χ2v) is 3.86. The molecule has 1 aromatic carbocycles. The molecule has 0 bridgehead atoms. The minimum absolute atomic E-state index is 0.0960. The van der Waals surface area contributed by atoms with Gasteiger partial charge < -0.3 is 10.5 Å². The van der Waals surface area contributed by atoms with E-state index in [1.807, 2.05) is 30.3 Å². The summed E-state index contributed by atoms with van der Waals surface area (Å²) in [6.07, 6.45) is 2.91. The van der Waals surface area contributed by atoms with Crippen LogP contribution in [-0.2, 0) is 0 Å². The number of hydrogen-bond donors (Lipinski definition) is 1. The van der Waals surface area contributed by atoms with Crippen LogP contribution in [0.25, 0.3) is 0 Å². The number of nitrogens with two attached hydrogens (primary N) is 1. The Morgan fingerprint density at radius 3 is 2.60 bits per heavy atom. The normalized spacial score (nSPS) is 11.9. The summed E-state index contributed by atoms with van der Waals surface area (Å²) in [5.41, 5.74) is 7.13. The van der Waals surface area contributed by atoms with Crippen molar-refractivity contribution < 1.29 is 4.74 Å². The third-order valence-corrected chi connectivity index (χ3v) is 2.01. The van der Waals surface area contributed by atoms with E-state index in [0.29, 0.717) is 6.61 Å². The van der Waals surface area contributed by atoms with Gasteiger partial charge in [0.05, 0.1) is 6.61 Å². The summed E-state index contributed by atoms with van der Waals surface area (Å²) in [6.45, 7) is 4.77. The molecule has 0 spiro atoms. The summed E-state index contributed by atoms with van der Waals surface area (Å²) in [4.78, 5) is 0. The molecule has 0 heterocycles. The van der Waals surface area contributed by atoms with Crippen LogP contribution >= 0.6 is 0 Å². The zero-order valence-electron chi connectivity index (χ0n) is 9.44. The van der Waals surface area contributed by atoms with Crippen molar-refractivity contribution in [1.82, 2.24) is 0 Å². The number of ether oxygens (including phenoxy) is 1. The van der Waals surface area contributed by atoms with Gasteiger partial charge in [0.15, 0.2) is 0 Å². The van der Waals surface area contributed by atoms with Gasteiger partial charge >= 0.3 is 0 Å². The van der Waals surface area contributed by atoms with Crippen LogP contribution in [0.3, 0.4) is 0 Å². The molecule has 0 fully saturated rings. The summed E-state index contributed by atoms with van der Waals surface area (Å²) in [5, 5.41) is 0. The predicted octanol–water partition coefficient (Wildman–Crippen LogP) is 2.75. The second-order valence-electron chi connectivity index (χ2n) is 3.86. The minimum Gasteiger partial charge on any atom is -0.494 e. The molecule has 15 heavy (non-hydrogen) atoms. The van der Waals surface area contributed by atoms with E-state index >= 15 is 0 Å². The molecular formula is C13H19NO. The zero-order chi connectivity index (χ0) is 11.1. The first kappa shape index (κ1) is 11.8. The van der Waals surface area contributed by atoms with Gasteiger partial charge in [0.1, 0.15) is 5.75 Å². The summed E-state index contributed by atoms with van der Waals surface area (Å²) < 4.78 is 5.55. The van der Waals surface area contributed by atoms with Crippen LogP contribution in [0.1, 0.15) is 20.3 Å². The molecule has 2 N–H and O–H groups in total. The quantitative estimate of drug-likeness (QED) is 0.750. The van der Waals surface area contributed by atoms with Crippen molar-refractivity contribution in [2.75, 3.05) is 6.61 Å². The highest BCUT2D eigenvalue weighted by atomic mass is 16.5. The Kier molecular flexibility index (Phi) is 4.91. The van der Waals surface area contributed by atoms with Gasteiger partial charge in [0.2, 0.25) is 0 Å². The molecule has 1 atom stereocenters. The van der Waals surface area contributed by atoms with Crippen LogP contribution in [0.5, 0.6) is 5.75 Å². The smallest absolute Gasteiger partial charge is 0.119 e. The van der Waals surface area contributed by atoms with Gasteiger partial charge in [0, 0.05) is 12.5 Å². The number of rotatable bonds is 5. The van der Waals surface area contributed by atoms with Crippen molar-refractivity contribution in [1.29, 1.82) is 0 Å². The van der Waals surface area contributed by atoms with Crippen LogP contribution in [0.4, 0.5) is 0 Å². The van der Waals surface area contributed by atoms with Crippen molar-refractivity contribution in [3.8, 4) is 5.75 Å². The molecule has 0 aliphatic rings. The standard InChI is InChI=1S/C13H19NO/c1-11(2)10-12(14)8-9-15-13-6-4-3-5-7-13/h3-7,10,12H,8-9,14H2,1-2H3. The Balaban J connectivity index is 2.25. The van der Waals surface area contributed by atoms with E-state index in [2.05, 4.69) is 19.9 Å². The molecule has 2 nitrogen and oxygen atoms in total. The van der Waals surface area contributed by atoms with Crippen LogP contribution < -0.4 is 10.5 Å². The fraction of sp³-hybridized carbons (Fsp3) is 0.385. The highest BCUT2D eigenvalue weighted by Gasteiger charge is 1.98. The molecule has 0 saturated carbocycles. The van der Waals surface area contributed by atoms with Crippen molar-refractivity contribution in [3.63, 3.8) is 0 Å². The third kappa shape index (κ3) is 5.23. The van der Waals surface area contributed by atoms with Gasteiger partial charge in [0.25, 0.3) is 0 Å². The van der Waals surface area contributed by atoms with Crippen molar-refractivity contribution >= 4 is 0 Å². The van der Waals surface area contributed by atoms with E-state index in [1.54, 1.807) is 0 Å². The zero-order valence-corrected chi connectivity index (χ0v) is 9.44. The largest absolute Gasteiger partial charge is 0.494 e. The highest BCUT2D eigenvalue weighted by Crippen LogP contribution is 2.09. The Bertz CT molecular complexity index is 302. The Morgan fingerprint density at radius 2 is 2.00 bits per heavy atom. The fourth-order valence-electron chi connectivity index (χ4n) is 1.34. The molecule has 0 saturated heterocycles. The van der Waals surface area contributed by atoms with Crippen molar-refractivity contribution in [3.05, 3.63) is 42.0 Å².